The first-order valence-electron chi connectivity index (χ1n) is 10.9. The summed E-state index contributed by atoms with van der Waals surface area (Å²) in [6, 6.07) is 3.78. The molecule has 0 aliphatic carbocycles. The molecule has 0 radical (unpaired) electrons. The highest BCUT2D eigenvalue weighted by Crippen LogP contribution is 2.32. The first kappa shape index (κ1) is 22.1. The highest BCUT2D eigenvalue weighted by molar-refractivity contribution is 4.97. The van der Waals surface area contributed by atoms with Crippen LogP contribution in [0.4, 0.5) is 0 Å². The summed E-state index contributed by atoms with van der Waals surface area (Å²) in [7, 11) is 2.26. The Labute approximate surface area is 163 Å². The van der Waals surface area contributed by atoms with Crippen LogP contribution < -0.4 is 0 Å². The first-order valence-corrected chi connectivity index (χ1v) is 10.9. The summed E-state index contributed by atoms with van der Waals surface area (Å²) in [5, 5.41) is 0. The van der Waals surface area contributed by atoms with Crippen LogP contribution in [0.15, 0.2) is 0 Å². The van der Waals surface area contributed by atoms with Crippen LogP contribution in [-0.4, -0.2) is 94.6 Å². The molecule has 2 rings (SSSR count). The molecule has 4 heteroatoms. The van der Waals surface area contributed by atoms with Crippen molar-refractivity contribution >= 4 is 0 Å². The Morgan fingerprint density at radius 1 is 0.846 bits per heavy atom. The fraction of sp³-hybridized carbons (Fsp3) is 1.00. The molecule has 26 heavy (non-hydrogen) atoms. The summed E-state index contributed by atoms with van der Waals surface area (Å²) >= 11 is 0. The summed E-state index contributed by atoms with van der Waals surface area (Å²) in [5.41, 5.74) is 0.234. The molecule has 0 amide bonds. The highest BCUT2D eigenvalue weighted by Gasteiger charge is 2.41. The molecule has 0 spiro atoms. The third kappa shape index (κ3) is 4.63. The maximum Gasteiger partial charge on any atom is 0.0224 e. The fourth-order valence-electron chi connectivity index (χ4n) is 6.27. The minimum atomic E-state index is 0.234. The van der Waals surface area contributed by atoms with Gasteiger partial charge in [-0.15, -0.1) is 0 Å². The Balaban J connectivity index is 2.05. The van der Waals surface area contributed by atoms with Crippen molar-refractivity contribution in [3.63, 3.8) is 0 Å². The second-order valence-corrected chi connectivity index (χ2v) is 10.2. The van der Waals surface area contributed by atoms with Crippen LogP contribution in [0.25, 0.3) is 0 Å². The molecule has 0 saturated carbocycles. The third-order valence-corrected chi connectivity index (χ3v) is 7.19. The van der Waals surface area contributed by atoms with Crippen molar-refractivity contribution in [1.29, 1.82) is 0 Å². The molecule has 2 saturated heterocycles. The summed E-state index contributed by atoms with van der Waals surface area (Å²) in [4.78, 5) is 10.7. The molecule has 0 N–H and O–H groups in total. The van der Waals surface area contributed by atoms with Crippen LogP contribution >= 0.6 is 0 Å². The van der Waals surface area contributed by atoms with Gasteiger partial charge in [0.2, 0.25) is 0 Å². The van der Waals surface area contributed by atoms with Crippen molar-refractivity contribution in [2.75, 3.05) is 33.2 Å². The van der Waals surface area contributed by atoms with Crippen molar-refractivity contribution < 1.29 is 0 Å². The average Bonchev–Trinajstić information content (AvgIpc) is 2.47. The zero-order chi connectivity index (χ0) is 19.8. The lowest BCUT2D eigenvalue weighted by molar-refractivity contribution is -0.0524. The maximum absolute atomic E-state index is 2.79. The molecule has 0 aromatic heterocycles. The molecular formula is C22H46N4. The number of hydrogen-bond acceptors (Lipinski definition) is 4. The lowest BCUT2D eigenvalue weighted by atomic mass is 9.87. The molecular weight excluding hydrogens is 320 g/mol. The van der Waals surface area contributed by atoms with Gasteiger partial charge in [0.05, 0.1) is 0 Å². The third-order valence-electron chi connectivity index (χ3n) is 7.19. The highest BCUT2D eigenvalue weighted by atomic mass is 15.3. The Morgan fingerprint density at radius 2 is 1.31 bits per heavy atom. The maximum atomic E-state index is 2.79. The zero-order valence-electron chi connectivity index (χ0n) is 19.3. The number of likely N-dealkylation sites (N-methyl/N-ethyl adjacent to an activating group) is 1. The van der Waals surface area contributed by atoms with Gasteiger partial charge in [-0.2, -0.15) is 0 Å². The van der Waals surface area contributed by atoms with Gasteiger partial charge in [-0.1, -0.05) is 0 Å². The van der Waals surface area contributed by atoms with Gasteiger partial charge in [0, 0.05) is 68.0 Å². The van der Waals surface area contributed by atoms with Gasteiger partial charge >= 0.3 is 0 Å². The van der Waals surface area contributed by atoms with Crippen molar-refractivity contribution in [1.82, 2.24) is 19.6 Å². The standard InChI is InChI=1S/C22H46N4/c1-16(2)24-11-12-25(21(7)20(24)6)17(3)13-22(8,9)26-18(4)14-23(10)15-19(26)5/h16-21H,11-15H2,1-10H3/t17?,18-,19-,20-,21-/m0/s1. The second-order valence-electron chi connectivity index (χ2n) is 10.2. The van der Waals surface area contributed by atoms with Gasteiger partial charge < -0.3 is 4.90 Å². The summed E-state index contributed by atoms with van der Waals surface area (Å²) in [6.07, 6.45) is 1.24. The van der Waals surface area contributed by atoms with E-state index in [1.54, 1.807) is 0 Å². The van der Waals surface area contributed by atoms with Gasteiger partial charge in [0.25, 0.3) is 0 Å². The number of nitrogens with zero attached hydrogens (tertiary/aromatic N) is 4. The Kier molecular flexibility index (Phi) is 7.21. The lowest BCUT2D eigenvalue weighted by Crippen LogP contribution is -2.65. The predicted molar refractivity (Wildman–Crippen MR) is 114 cm³/mol. The molecule has 2 aliphatic heterocycles. The minimum Gasteiger partial charge on any atom is -0.303 e. The van der Waals surface area contributed by atoms with Crippen molar-refractivity contribution in [2.24, 2.45) is 0 Å². The van der Waals surface area contributed by atoms with Gasteiger partial charge in [0.1, 0.15) is 0 Å². The van der Waals surface area contributed by atoms with E-state index >= 15 is 0 Å². The van der Waals surface area contributed by atoms with Crippen LogP contribution in [0, 0.1) is 0 Å². The quantitative estimate of drug-likeness (QED) is 0.739. The van der Waals surface area contributed by atoms with Crippen LogP contribution in [0.5, 0.6) is 0 Å². The van der Waals surface area contributed by atoms with Crippen molar-refractivity contribution in [3.8, 4) is 0 Å². The van der Waals surface area contributed by atoms with Crippen LogP contribution in [0.2, 0.25) is 0 Å². The minimum absolute atomic E-state index is 0.234. The molecule has 2 fully saturated rings. The Bertz CT molecular complexity index is 437. The summed E-state index contributed by atoms with van der Waals surface area (Å²) < 4.78 is 0. The first-order chi connectivity index (χ1) is 12.0. The van der Waals surface area contributed by atoms with E-state index in [2.05, 4.69) is 89.0 Å². The largest absolute Gasteiger partial charge is 0.303 e. The molecule has 4 nitrogen and oxygen atoms in total. The number of piperazine rings is 2. The number of rotatable bonds is 5. The van der Waals surface area contributed by atoms with E-state index in [4.69, 9.17) is 0 Å². The smallest absolute Gasteiger partial charge is 0.0224 e. The molecule has 154 valence electrons. The SMILES string of the molecule is CC(C)N1CCN(C(C)CC(C)(C)N2[C@@H](C)CN(C)C[C@@H]2C)[C@@H](C)[C@@H]1C. The van der Waals surface area contributed by atoms with Gasteiger partial charge in [-0.05, 0) is 75.8 Å². The van der Waals surface area contributed by atoms with Crippen LogP contribution in [-0.2, 0) is 0 Å². The monoisotopic (exact) mass is 366 g/mol. The fourth-order valence-corrected chi connectivity index (χ4v) is 6.27. The summed E-state index contributed by atoms with van der Waals surface area (Å²) in [5.74, 6) is 0. The van der Waals surface area contributed by atoms with E-state index in [1.165, 1.54) is 32.6 Å². The van der Waals surface area contributed by atoms with E-state index in [0.29, 0.717) is 36.3 Å². The predicted octanol–water partition coefficient (Wildman–Crippen LogP) is 3.37. The summed E-state index contributed by atoms with van der Waals surface area (Å²) in [6.45, 7) is 26.5. The molecule has 0 aromatic rings. The normalized spacial score (nSPS) is 35.2. The molecule has 2 heterocycles. The topological polar surface area (TPSA) is 13.0 Å². The molecule has 0 bridgehead atoms. The zero-order valence-corrected chi connectivity index (χ0v) is 19.3. The number of hydrogen-bond donors (Lipinski definition) is 0. The Hall–Kier alpha value is -0.160. The van der Waals surface area contributed by atoms with E-state index in [1.807, 2.05) is 0 Å². The Morgan fingerprint density at radius 3 is 1.81 bits per heavy atom. The van der Waals surface area contributed by atoms with Gasteiger partial charge in [-0.25, -0.2) is 0 Å². The van der Waals surface area contributed by atoms with E-state index < -0.39 is 0 Å². The molecule has 0 aromatic carbocycles. The molecule has 2 aliphatic rings. The van der Waals surface area contributed by atoms with E-state index in [9.17, 15) is 0 Å². The van der Waals surface area contributed by atoms with E-state index in [0.717, 1.165) is 0 Å². The van der Waals surface area contributed by atoms with Crippen molar-refractivity contribution in [2.45, 2.75) is 111 Å². The van der Waals surface area contributed by atoms with Crippen LogP contribution in [0.3, 0.4) is 0 Å². The second kappa shape index (κ2) is 8.46. The lowest BCUT2D eigenvalue weighted by Gasteiger charge is -2.54. The molecule has 1 unspecified atom stereocenters. The average molecular weight is 367 g/mol. The van der Waals surface area contributed by atoms with Gasteiger partial charge in [-0.3, -0.25) is 14.7 Å². The van der Waals surface area contributed by atoms with Gasteiger partial charge in [0.15, 0.2) is 0 Å². The van der Waals surface area contributed by atoms with Crippen molar-refractivity contribution in [3.05, 3.63) is 0 Å². The molecule has 5 atom stereocenters. The van der Waals surface area contributed by atoms with Crippen LogP contribution in [0.1, 0.15) is 68.7 Å². The van der Waals surface area contributed by atoms with E-state index in [-0.39, 0.29) is 5.54 Å².